The number of carbonyl (C=O) groups excluding carboxylic acids is 1. The van der Waals surface area contributed by atoms with E-state index in [4.69, 9.17) is 9.15 Å². The number of oxazole rings is 1. The van der Waals surface area contributed by atoms with E-state index in [-0.39, 0.29) is 5.91 Å². The van der Waals surface area contributed by atoms with Gasteiger partial charge < -0.3 is 14.5 Å². The van der Waals surface area contributed by atoms with Crippen LogP contribution < -0.4 is 10.1 Å². The second-order valence-electron chi connectivity index (χ2n) is 6.55. The molecule has 0 saturated carbocycles. The Balaban J connectivity index is 1.55. The summed E-state index contributed by atoms with van der Waals surface area (Å²) < 4.78 is 12.0. The van der Waals surface area contributed by atoms with Gasteiger partial charge in [0.05, 0.1) is 12.7 Å². The number of aryl methyl sites for hydroxylation is 1. The summed E-state index contributed by atoms with van der Waals surface area (Å²) in [7, 11) is 1.54. The van der Waals surface area contributed by atoms with Gasteiger partial charge in [-0.1, -0.05) is 28.9 Å². The van der Waals surface area contributed by atoms with E-state index >= 15 is 0 Å². The lowest BCUT2D eigenvalue weighted by atomic mass is 10.1. The Kier molecular flexibility index (Phi) is 5.36. The molecule has 29 heavy (non-hydrogen) atoms. The van der Waals surface area contributed by atoms with E-state index in [1.54, 1.807) is 19.2 Å². The zero-order valence-electron chi connectivity index (χ0n) is 16.0. The minimum absolute atomic E-state index is 0.246. The number of nitrogens with zero attached hydrogens (tertiary/aromatic N) is 1. The van der Waals surface area contributed by atoms with E-state index in [1.807, 2.05) is 48.5 Å². The van der Waals surface area contributed by atoms with Crippen molar-refractivity contribution in [3.63, 3.8) is 0 Å². The second kappa shape index (κ2) is 8.09. The molecule has 6 heteroatoms. The molecule has 0 aliphatic carbocycles. The number of methoxy groups -OCH3 is 1. The number of benzene rings is 3. The molecular weight excluding hydrogens is 432 g/mol. The number of hydrogen-bond donors (Lipinski definition) is 1. The fraction of sp³-hybridized carbons (Fsp3) is 0.130. The van der Waals surface area contributed by atoms with Gasteiger partial charge in [-0.15, -0.1) is 0 Å². The molecule has 0 bridgehead atoms. The van der Waals surface area contributed by atoms with Crippen molar-refractivity contribution in [3.05, 3.63) is 76.3 Å². The van der Waals surface area contributed by atoms with Crippen LogP contribution in [0.1, 0.15) is 22.8 Å². The second-order valence-corrected chi connectivity index (χ2v) is 7.47. The minimum Gasteiger partial charge on any atom is -0.496 e. The van der Waals surface area contributed by atoms with Crippen molar-refractivity contribution >= 4 is 38.6 Å². The number of fused-ring (bicyclic) bond motifs is 1. The SMILES string of the molecule is CCc1ccc2oc(-c3ccc(NC(=O)c4cc(Br)ccc4OC)cc3)nc2c1. The molecule has 0 unspecified atom stereocenters. The molecule has 0 aliphatic rings. The summed E-state index contributed by atoms with van der Waals surface area (Å²) in [5.74, 6) is 0.824. The van der Waals surface area contributed by atoms with Crippen LogP contribution in [0.25, 0.3) is 22.6 Å². The number of ether oxygens (including phenoxy) is 1. The first-order valence-electron chi connectivity index (χ1n) is 9.22. The predicted octanol–water partition coefficient (Wildman–Crippen LogP) is 6.08. The number of halogens is 1. The van der Waals surface area contributed by atoms with Gasteiger partial charge >= 0.3 is 0 Å². The van der Waals surface area contributed by atoms with Gasteiger partial charge in [-0.25, -0.2) is 4.98 Å². The Labute approximate surface area is 176 Å². The molecule has 0 fully saturated rings. The van der Waals surface area contributed by atoms with E-state index < -0.39 is 0 Å². The van der Waals surface area contributed by atoms with Crippen LogP contribution in [0.3, 0.4) is 0 Å². The molecule has 1 heterocycles. The first-order valence-corrected chi connectivity index (χ1v) is 10.0. The Hall–Kier alpha value is -3.12. The van der Waals surface area contributed by atoms with Crippen LogP contribution in [0.2, 0.25) is 0 Å². The maximum Gasteiger partial charge on any atom is 0.259 e. The number of aromatic nitrogens is 1. The van der Waals surface area contributed by atoms with Crippen molar-refractivity contribution in [2.75, 3.05) is 12.4 Å². The van der Waals surface area contributed by atoms with Gasteiger partial charge in [-0.2, -0.15) is 0 Å². The lowest BCUT2D eigenvalue weighted by Crippen LogP contribution is -2.13. The molecule has 0 aliphatic heterocycles. The number of anilines is 1. The lowest BCUT2D eigenvalue weighted by molar-refractivity contribution is 0.102. The quantitative estimate of drug-likeness (QED) is 0.400. The highest BCUT2D eigenvalue weighted by Crippen LogP contribution is 2.27. The molecule has 0 radical (unpaired) electrons. The number of hydrogen-bond acceptors (Lipinski definition) is 4. The summed E-state index contributed by atoms with van der Waals surface area (Å²) in [6.45, 7) is 2.11. The standard InChI is InChI=1S/C23H19BrN2O3/c1-3-14-4-10-21-19(12-14)26-23(29-21)15-5-8-17(9-6-15)25-22(27)18-13-16(24)7-11-20(18)28-2/h4-13H,3H2,1-2H3,(H,25,27). The smallest absolute Gasteiger partial charge is 0.259 e. The summed E-state index contributed by atoms with van der Waals surface area (Å²) in [5.41, 5.74) is 4.80. The zero-order valence-corrected chi connectivity index (χ0v) is 17.6. The highest BCUT2D eigenvalue weighted by atomic mass is 79.9. The first-order chi connectivity index (χ1) is 14.1. The van der Waals surface area contributed by atoms with Crippen LogP contribution in [-0.2, 0) is 6.42 Å². The Morgan fingerprint density at radius 1 is 1.10 bits per heavy atom. The Morgan fingerprint density at radius 2 is 1.90 bits per heavy atom. The van der Waals surface area contributed by atoms with Crippen LogP contribution in [0, 0.1) is 0 Å². The Bertz CT molecular complexity index is 1180. The molecule has 3 aromatic carbocycles. The molecule has 5 nitrogen and oxygen atoms in total. The monoisotopic (exact) mass is 450 g/mol. The van der Waals surface area contributed by atoms with Crippen LogP contribution in [-0.4, -0.2) is 18.0 Å². The van der Waals surface area contributed by atoms with Crippen molar-refractivity contribution < 1.29 is 13.9 Å². The predicted molar refractivity (Wildman–Crippen MR) is 117 cm³/mol. The fourth-order valence-electron chi connectivity index (χ4n) is 3.07. The number of rotatable bonds is 5. The first kappa shape index (κ1) is 19.2. The lowest BCUT2D eigenvalue weighted by Gasteiger charge is -2.10. The van der Waals surface area contributed by atoms with Crippen LogP contribution in [0.15, 0.2) is 69.6 Å². The molecule has 1 aromatic heterocycles. The van der Waals surface area contributed by atoms with Crippen LogP contribution >= 0.6 is 15.9 Å². The van der Waals surface area contributed by atoms with E-state index in [0.29, 0.717) is 22.9 Å². The summed E-state index contributed by atoms with van der Waals surface area (Å²) >= 11 is 3.39. The average molecular weight is 451 g/mol. The molecule has 146 valence electrons. The summed E-state index contributed by atoms with van der Waals surface area (Å²) in [4.78, 5) is 17.2. The molecule has 0 spiro atoms. The molecular formula is C23H19BrN2O3. The third kappa shape index (κ3) is 4.03. The average Bonchev–Trinajstić information content (AvgIpc) is 3.17. The molecule has 1 amide bonds. The van der Waals surface area contributed by atoms with E-state index in [2.05, 4.69) is 33.2 Å². The summed E-state index contributed by atoms with van der Waals surface area (Å²) in [6, 6.07) is 18.7. The number of carbonyl (C=O) groups is 1. The topological polar surface area (TPSA) is 64.4 Å². The van der Waals surface area contributed by atoms with Gasteiger partial charge in [0.2, 0.25) is 5.89 Å². The third-order valence-electron chi connectivity index (χ3n) is 4.66. The van der Waals surface area contributed by atoms with Crippen molar-refractivity contribution in [1.82, 2.24) is 4.98 Å². The van der Waals surface area contributed by atoms with Gasteiger partial charge in [-0.05, 0) is 66.6 Å². The van der Waals surface area contributed by atoms with E-state index in [0.717, 1.165) is 27.6 Å². The minimum atomic E-state index is -0.246. The number of nitrogens with one attached hydrogen (secondary N) is 1. The van der Waals surface area contributed by atoms with Crippen LogP contribution in [0.4, 0.5) is 5.69 Å². The molecule has 1 N–H and O–H groups in total. The van der Waals surface area contributed by atoms with Gasteiger partial charge in [0.15, 0.2) is 5.58 Å². The maximum atomic E-state index is 12.6. The highest BCUT2D eigenvalue weighted by molar-refractivity contribution is 9.10. The summed E-state index contributed by atoms with van der Waals surface area (Å²) in [6.07, 6.45) is 0.954. The molecule has 4 rings (SSSR count). The third-order valence-corrected chi connectivity index (χ3v) is 5.15. The van der Waals surface area contributed by atoms with Gasteiger partial charge in [0, 0.05) is 15.7 Å². The van der Waals surface area contributed by atoms with Gasteiger partial charge in [-0.3, -0.25) is 4.79 Å². The van der Waals surface area contributed by atoms with Crippen LogP contribution in [0.5, 0.6) is 5.75 Å². The zero-order chi connectivity index (χ0) is 20.4. The molecule has 0 saturated heterocycles. The van der Waals surface area contributed by atoms with Crippen molar-refractivity contribution in [2.24, 2.45) is 0 Å². The Morgan fingerprint density at radius 3 is 2.62 bits per heavy atom. The van der Waals surface area contributed by atoms with Crippen molar-refractivity contribution in [2.45, 2.75) is 13.3 Å². The van der Waals surface area contributed by atoms with Gasteiger partial charge in [0.25, 0.3) is 5.91 Å². The largest absolute Gasteiger partial charge is 0.496 e. The van der Waals surface area contributed by atoms with E-state index in [1.165, 1.54) is 5.56 Å². The van der Waals surface area contributed by atoms with Crippen molar-refractivity contribution in [1.29, 1.82) is 0 Å². The molecule has 0 atom stereocenters. The van der Waals surface area contributed by atoms with Gasteiger partial charge in [0.1, 0.15) is 11.3 Å². The molecule has 4 aromatic rings. The van der Waals surface area contributed by atoms with E-state index in [9.17, 15) is 4.79 Å². The fourth-order valence-corrected chi connectivity index (χ4v) is 3.43. The normalized spacial score (nSPS) is 10.9. The summed E-state index contributed by atoms with van der Waals surface area (Å²) in [5, 5.41) is 2.89. The van der Waals surface area contributed by atoms with Crippen molar-refractivity contribution in [3.8, 4) is 17.2 Å². The number of amides is 1. The highest BCUT2D eigenvalue weighted by Gasteiger charge is 2.14. The maximum absolute atomic E-state index is 12.6.